The van der Waals surface area contributed by atoms with Crippen molar-refractivity contribution in [1.82, 2.24) is 10.3 Å². The van der Waals surface area contributed by atoms with E-state index in [9.17, 15) is 0 Å². The van der Waals surface area contributed by atoms with E-state index < -0.39 is 0 Å². The Kier molecular flexibility index (Phi) is 5.84. The van der Waals surface area contributed by atoms with Crippen molar-refractivity contribution in [2.24, 2.45) is 17.8 Å². The summed E-state index contributed by atoms with van der Waals surface area (Å²) in [6.45, 7) is 6.90. The maximum absolute atomic E-state index is 4.24. The van der Waals surface area contributed by atoms with Crippen molar-refractivity contribution < 1.29 is 0 Å². The standard InChI is InChI=1S/C17H28N2/c1-14(2)11-19-13-17-8-4-3-7-16(17)10-15-6-5-9-18-12-15/h5-6,9,12,14,16-17,19H,3-4,7-8,10-11,13H2,1-2H3. The second kappa shape index (κ2) is 7.64. The van der Waals surface area contributed by atoms with E-state index in [0.29, 0.717) is 0 Å². The predicted molar refractivity (Wildman–Crippen MR) is 81.1 cm³/mol. The van der Waals surface area contributed by atoms with E-state index in [2.05, 4.69) is 36.3 Å². The molecule has 2 atom stereocenters. The van der Waals surface area contributed by atoms with E-state index >= 15 is 0 Å². The number of nitrogens with one attached hydrogen (secondary N) is 1. The van der Waals surface area contributed by atoms with Gasteiger partial charge in [-0.25, -0.2) is 0 Å². The largest absolute Gasteiger partial charge is 0.316 e. The van der Waals surface area contributed by atoms with Crippen LogP contribution < -0.4 is 5.32 Å². The molecule has 0 bridgehead atoms. The first-order valence-corrected chi connectivity index (χ1v) is 7.85. The highest BCUT2D eigenvalue weighted by atomic mass is 14.9. The molecule has 1 heterocycles. The van der Waals surface area contributed by atoms with Crippen molar-refractivity contribution >= 4 is 0 Å². The molecule has 1 saturated carbocycles. The van der Waals surface area contributed by atoms with E-state index in [0.717, 1.165) is 24.3 Å². The topological polar surface area (TPSA) is 24.9 Å². The molecular formula is C17H28N2. The van der Waals surface area contributed by atoms with Crippen LogP contribution in [0.3, 0.4) is 0 Å². The lowest BCUT2D eigenvalue weighted by atomic mass is 9.76. The van der Waals surface area contributed by atoms with Gasteiger partial charge in [-0.15, -0.1) is 0 Å². The third-order valence-corrected chi connectivity index (χ3v) is 4.25. The first-order chi connectivity index (χ1) is 9.25. The van der Waals surface area contributed by atoms with Crippen LogP contribution in [0.4, 0.5) is 0 Å². The number of hydrogen-bond acceptors (Lipinski definition) is 2. The molecule has 1 aromatic heterocycles. The van der Waals surface area contributed by atoms with Crippen molar-refractivity contribution in [1.29, 1.82) is 0 Å². The Morgan fingerprint density at radius 1 is 1.26 bits per heavy atom. The number of aromatic nitrogens is 1. The first kappa shape index (κ1) is 14.5. The molecule has 0 amide bonds. The van der Waals surface area contributed by atoms with Gasteiger partial charge in [-0.3, -0.25) is 4.98 Å². The Hall–Kier alpha value is -0.890. The monoisotopic (exact) mass is 260 g/mol. The van der Waals surface area contributed by atoms with Crippen LogP contribution in [0.2, 0.25) is 0 Å². The molecule has 0 spiro atoms. The average molecular weight is 260 g/mol. The maximum atomic E-state index is 4.24. The summed E-state index contributed by atoms with van der Waals surface area (Å²) in [6, 6.07) is 4.28. The van der Waals surface area contributed by atoms with Crippen molar-refractivity contribution in [2.45, 2.75) is 46.0 Å². The molecule has 1 aromatic rings. The summed E-state index contributed by atoms with van der Waals surface area (Å²) in [5.41, 5.74) is 1.41. The van der Waals surface area contributed by atoms with Crippen LogP contribution in [0.1, 0.15) is 45.1 Å². The van der Waals surface area contributed by atoms with Crippen LogP contribution in [0.5, 0.6) is 0 Å². The summed E-state index contributed by atoms with van der Waals surface area (Å²) in [6.07, 6.45) is 10.7. The molecule has 19 heavy (non-hydrogen) atoms. The van der Waals surface area contributed by atoms with Crippen molar-refractivity contribution in [2.75, 3.05) is 13.1 Å². The smallest absolute Gasteiger partial charge is 0.0299 e. The van der Waals surface area contributed by atoms with E-state index in [4.69, 9.17) is 0 Å². The second-order valence-corrected chi connectivity index (χ2v) is 6.42. The fourth-order valence-corrected chi connectivity index (χ4v) is 3.20. The van der Waals surface area contributed by atoms with Gasteiger partial charge >= 0.3 is 0 Å². The summed E-state index contributed by atoms with van der Waals surface area (Å²) in [4.78, 5) is 4.24. The molecule has 2 unspecified atom stereocenters. The van der Waals surface area contributed by atoms with Crippen LogP contribution in [0, 0.1) is 17.8 Å². The minimum atomic E-state index is 0.750. The molecular weight excluding hydrogens is 232 g/mol. The Balaban J connectivity index is 1.85. The predicted octanol–water partition coefficient (Wildman–Crippen LogP) is 3.68. The number of pyridine rings is 1. The molecule has 0 aliphatic heterocycles. The van der Waals surface area contributed by atoms with E-state index in [-0.39, 0.29) is 0 Å². The van der Waals surface area contributed by atoms with Gasteiger partial charge in [-0.05, 0) is 61.7 Å². The molecule has 1 fully saturated rings. The van der Waals surface area contributed by atoms with Gasteiger partial charge in [-0.2, -0.15) is 0 Å². The maximum Gasteiger partial charge on any atom is 0.0299 e. The molecule has 106 valence electrons. The van der Waals surface area contributed by atoms with Gasteiger partial charge in [0, 0.05) is 12.4 Å². The molecule has 1 N–H and O–H groups in total. The van der Waals surface area contributed by atoms with Crippen molar-refractivity contribution in [3.8, 4) is 0 Å². The molecule has 1 aliphatic rings. The Bertz CT molecular complexity index is 348. The van der Waals surface area contributed by atoms with Crippen LogP contribution in [0.25, 0.3) is 0 Å². The number of nitrogens with zero attached hydrogens (tertiary/aromatic N) is 1. The molecule has 0 aromatic carbocycles. The number of hydrogen-bond donors (Lipinski definition) is 1. The van der Waals surface area contributed by atoms with Crippen LogP contribution in [-0.4, -0.2) is 18.1 Å². The second-order valence-electron chi connectivity index (χ2n) is 6.42. The highest BCUT2D eigenvalue weighted by molar-refractivity contribution is 5.09. The summed E-state index contributed by atoms with van der Waals surface area (Å²) in [5.74, 6) is 2.45. The summed E-state index contributed by atoms with van der Waals surface area (Å²) < 4.78 is 0. The average Bonchev–Trinajstić information content (AvgIpc) is 2.41. The van der Waals surface area contributed by atoms with Crippen molar-refractivity contribution in [3.05, 3.63) is 30.1 Å². The summed E-state index contributed by atoms with van der Waals surface area (Å²) in [7, 11) is 0. The molecule has 2 nitrogen and oxygen atoms in total. The third kappa shape index (κ3) is 4.94. The highest BCUT2D eigenvalue weighted by Gasteiger charge is 2.24. The fourth-order valence-electron chi connectivity index (χ4n) is 3.20. The minimum Gasteiger partial charge on any atom is -0.316 e. The van der Waals surface area contributed by atoms with E-state index in [1.165, 1.54) is 44.2 Å². The number of rotatable bonds is 6. The van der Waals surface area contributed by atoms with Gasteiger partial charge in [0.1, 0.15) is 0 Å². The summed E-state index contributed by atoms with van der Waals surface area (Å²) in [5, 5.41) is 3.65. The zero-order valence-electron chi connectivity index (χ0n) is 12.4. The van der Waals surface area contributed by atoms with E-state index in [1.807, 2.05) is 12.4 Å². The Labute approximate surface area is 118 Å². The van der Waals surface area contributed by atoms with Crippen molar-refractivity contribution in [3.63, 3.8) is 0 Å². The minimum absolute atomic E-state index is 0.750. The lowest BCUT2D eigenvalue weighted by Gasteiger charge is -2.32. The van der Waals surface area contributed by atoms with Gasteiger partial charge in [0.05, 0.1) is 0 Å². The van der Waals surface area contributed by atoms with Crippen LogP contribution >= 0.6 is 0 Å². The Morgan fingerprint density at radius 3 is 2.74 bits per heavy atom. The van der Waals surface area contributed by atoms with Crippen LogP contribution in [0.15, 0.2) is 24.5 Å². The van der Waals surface area contributed by atoms with Gasteiger partial charge < -0.3 is 5.32 Å². The molecule has 1 aliphatic carbocycles. The summed E-state index contributed by atoms with van der Waals surface area (Å²) >= 11 is 0. The SMILES string of the molecule is CC(C)CNCC1CCCCC1Cc1cccnc1. The molecule has 2 heteroatoms. The van der Waals surface area contributed by atoms with Gasteiger partial charge in [-0.1, -0.05) is 32.8 Å². The fraction of sp³-hybridized carbons (Fsp3) is 0.706. The van der Waals surface area contributed by atoms with Gasteiger partial charge in [0.2, 0.25) is 0 Å². The third-order valence-electron chi connectivity index (χ3n) is 4.25. The quantitative estimate of drug-likeness (QED) is 0.844. The lowest BCUT2D eigenvalue weighted by molar-refractivity contribution is 0.226. The first-order valence-electron chi connectivity index (χ1n) is 7.85. The van der Waals surface area contributed by atoms with Gasteiger partial charge in [0.25, 0.3) is 0 Å². The Morgan fingerprint density at radius 2 is 2.05 bits per heavy atom. The zero-order chi connectivity index (χ0) is 13.5. The molecule has 2 rings (SSSR count). The molecule has 0 saturated heterocycles. The normalized spacial score (nSPS) is 23.7. The van der Waals surface area contributed by atoms with Crippen LogP contribution in [-0.2, 0) is 6.42 Å². The highest BCUT2D eigenvalue weighted by Crippen LogP contribution is 2.32. The van der Waals surface area contributed by atoms with Gasteiger partial charge in [0.15, 0.2) is 0 Å². The zero-order valence-corrected chi connectivity index (χ0v) is 12.4. The lowest BCUT2D eigenvalue weighted by Crippen LogP contribution is -2.33. The van der Waals surface area contributed by atoms with E-state index in [1.54, 1.807) is 0 Å². The molecule has 0 radical (unpaired) electrons.